The molecule has 0 heterocycles. The first kappa shape index (κ1) is 14.4. The van der Waals surface area contributed by atoms with Gasteiger partial charge < -0.3 is 10.2 Å². The fraction of sp³-hybridized carbons (Fsp3) is 0.900. The third-order valence-electron chi connectivity index (χ3n) is 3.68. The number of aliphatic hydroxyl groups is 1. The lowest BCUT2D eigenvalue weighted by Crippen LogP contribution is -2.45. The van der Waals surface area contributed by atoms with E-state index < -0.39 is 38.8 Å². The Kier molecular flexibility index (Phi) is 3.85. The Morgan fingerprint density at radius 3 is 2.18 bits per heavy atom. The largest absolute Gasteiger partial charge is 0.481 e. The lowest BCUT2D eigenvalue weighted by atomic mass is 9.74. The van der Waals surface area contributed by atoms with Gasteiger partial charge in [0.1, 0.15) is 0 Å². The van der Waals surface area contributed by atoms with E-state index >= 15 is 0 Å². The van der Waals surface area contributed by atoms with E-state index in [4.69, 9.17) is 9.66 Å². The molecule has 0 bridgehead atoms. The monoisotopic (exact) mass is 266 g/mol. The molecule has 3 atom stereocenters. The number of hydrogen-bond donors (Lipinski definition) is 3. The molecule has 0 aliphatic heterocycles. The fourth-order valence-corrected chi connectivity index (χ4v) is 2.88. The number of carboxylic acids is 1. The Balaban J connectivity index is 2.95. The van der Waals surface area contributed by atoms with E-state index in [1.54, 1.807) is 0 Å². The first-order valence-electron chi connectivity index (χ1n) is 5.43. The molecular weight excluding hydrogens is 248 g/mol. The molecule has 3 N–H and O–H groups in total. The quantitative estimate of drug-likeness (QED) is 0.642. The second-order valence-electron chi connectivity index (χ2n) is 5.17. The van der Waals surface area contributed by atoms with Crippen molar-refractivity contribution in [3.63, 3.8) is 0 Å². The first-order chi connectivity index (χ1) is 7.55. The maximum atomic E-state index is 11.3. The van der Waals surface area contributed by atoms with Gasteiger partial charge in [0, 0.05) is 0 Å². The number of hydrogen-bond acceptors (Lipinski definition) is 4. The van der Waals surface area contributed by atoms with Crippen LogP contribution in [0.1, 0.15) is 33.1 Å². The van der Waals surface area contributed by atoms with Gasteiger partial charge >= 0.3 is 5.97 Å². The van der Waals surface area contributed by atoms with Crippen LogP contribution in [-0.2, 0) is 14.9 Å². The van der Waals surface area contributed by atoms with E-state index in [9.17, 15) is 18.3 Å². The zero-order valence-electron chi connectivity index (χ0n) is 9.83. The summed E-state index contributed by atoms with van der Waals surface area (Å²) in [7, 11) is -4.28. The van der Waals surface area contributed by atoms with Gasteiger partial charge in [-0.3, -0.25) is 9.35 Å². The SMILES string of the molecule is CC(C)(C1CC(O)CC(C(=O)O)C1)S(=O)(=O)O. The van der Waals surface area contributed by atoms with E-state index in [2.05, 4.69) is 0 Å². The van der Waals surface area contributed by atoms with Crippen LogP contribution in [0.5, 0.6) is 0 Å². The summed E-state index contributed by atoms with van der Waals surface area (Å²) in [6.07, 6.45) is -0.362. The molecule has 3 unspecified atom stereocenters. The van der Waals surface area contributed by atoms with Crippen molar-refractivity contribution in [1.29, 1.82) is 0 Å². The predicted molar refractivity (Wildman–Crippen MR) is 60.1 cm³/mol. The number of carboxylic acid groups (broad SMARTS) is 1. The molecule has 0 aromatic rings. The molecule has 1 saturated carbocycles. The van der Waals surface area contributed by atoms with Crippen molar-refractivity contribution in [3.05, 3.63) is 0 Å². The molecule has 0 aromatic carbocycles. The fourth-order valence-electron chi connectivity index (χ4n) is 2.27. The Labute approximate surface area is 100 Å². The molecule has 1 rings (SSSR count). The highest BCUT2D eigenvalue weighted by atomic mass is 32.2. The zero-order valence-corrected chi connectivity index (χ0v) is 10.6. The number of carbonyl (C=O) groups is 1. The summed E-state index contributed by atoms with van der Waals surface area (Å²) >= 11 is 0. The minimum Gasteiger partial charge on any atom is -0.481 e. The second-order valence-corrected chi connectivity index (χ2v) is 7.17. The molecule has 0 saturated heterocycles. The van der Waals surface area contributed by atoms with Crippen molar-refractivity contribution in [3.8, 4) is 0 Å². The average Bonchev–Trinajstić information content (AvgIpc) is 2.14. The molecular formula is C10H18O6S. The van der Waals surface area contributed by atoms with Gasteiger partial charge in [0.05, 0.1) is 16.8 Å². The van der Waals surface area contributed by atoms with Crippen LogP contribution in [-0.4, -0.2) is 40.0 Å². The van der Waals surface area contributed by atoms with E-state index in [0.717, 1.165) is 0 Å². The minimum atomic E-state index is -4.28. The number of rotatable bonds is 3. The van der Waals surface area contributed by atoms with E-state index in [-0.39, 0.29) is 19.3 Å². The zero-order chi connectivity index (χ0) is 13.4. The van der Waals surface area contributed by atoms with Gasteiger partial charge in [-0.15, -0.1) is 0 Å². The van der Waals surface area contributed by atoms with E-state index in [1.807, 2.05) is 0 Å². The van der Waals surface area contributed by atoms with Crippen molar-refractivity contribution >= 4 is 16.1 Å². The Bertz CT molecular complexity index is 399. The molecule has 1 fully saturated rings. The predicted octanol–water partition coefficient (Wildman–Crippen LogP) is 0.515. The van der Waals surface area contributed by atoms with Gasteiger partial charge in [0.25, 0.3) is 10.1 Å². The lowest BCUT2D eigenvalue weighted by molar-refractivity contribution is -0.145. The molecule has 0 radical (unpaired) electrons. The number of aliphatic carboxylic acids is 1. The van der Waals surface area contributed by atoms with Gasteiger partial charge in [-0.25, -0.2) is 0 Å². The van der Waals surface area contributed by atoms with Crippen LogP contribution in [0.3, 0.4) is 0 Å². The van der Waals surface area contributed by atoms with Gasteiger partial charge in [0.2, 0.25) is 0 Å². The summed E-state index contributed by atoms with van der Waals surface area (Å²) in [4.78, 5) is 10.9. The summed E-state index contributed by atoms with van der Waals surface area (Å²) in [5.74, 6) is -2.37. The van der Waals surface area contributed by atoms with Crippen molar-refractivity contribution in [2.45, 2.75) is 44.0 Å². The van der Waals surface area contributed by atoms with Crippen LogP contribution in [0.15, 0.2) is 0 Å². The highest BCUT2D eigenvalue weighted by Gasteiger charge is 2.46. The third kappa shape index (κ3) is 2.97. The maximum absolute atomic E-state index is 11.3. The Morgan fingerprint density at radius 2 is 1.76 bits per heavy atom. The highest BCUT2D eigenvalue weighted by Crippen LogP contribution is 2.39. The van der Waals surface area contributed by atoms with Crippen LogP contribution in [0.25, 0.3) is 0 Å². The second kappa shape index (κ2) is 4.55. The van der Waals surface area contributed by atoms with E-state index in [1.165, 1.54) is 13.8 Å². The molecule has 1 aliphatic carbocycles. The minimum absolute atomic E-state index is 0.132. The molecule has 17 heavy (non-hydrogen) atoms. The molecule has 0 amide bonds. The van der Waals surface area contributed by atoms with Crippen molar-refractivity contribution in [2.24, 2.45) is 11.8 Å². The van der Waals surface area contributed by atoms with E-state index in [0.29, 0.717) is 0 Å². The van der Waals surface area contributed by atoms with Gasteiger partial charge in [-0.1, -0.05) is 0 Å². The molecule has 6 nitrogen and oxygen atoms in total. The van der Waals surface area contributed by atoms with Gasteiger partial charge in [-0.05, 0) is 39.0 Å². The Hall–Kier alpha value is -0.660. The summed E-state index contributed by atoms with van der Waals surface area (Å²) in [5.41, 5.74) is 0. The van der Waals surface area contributed by atoms with Crippen LogP contribution in [0.4, 0.5) is 0 Å². The molecule has 7 heteroatoms. The third-order valence-corrected chi connectivity index (χ3v) is 5.34. The molecule has 0 spiro atoms. The summed E-state index contributed by atoms with van der Waals surface area (Å²) < 4.78 is 30.2. The smallest absolute Gasteiger partial charge is 0.306 e. The standard InChI is InChI=1S/C10H18O6S/c1-10(2,17(14,15)16)7-3-6(9(12)13)4-8(11)5-7/h6-8,11H,3-5H2,1-2H3,(H,12,13)(H,14,15,16). The molecule has 100 valence electrons. The highest BCUT2D eigenvalue weighted by molar-refractivity contribution is 7.87. The number of aliphatic hydroxyl groups excluding tert-OH is 1. The molecule has 0 aromatic heterocycles. The average molecular weight is 266 g/mol. The topological polar surface area (TPSA) is 112 Å². The van der Waals surface area contributed by atoms with Crippen LogP contribution < -0.4 is 0 Å². The van der Waals surface area contributed by atoms with Crippen molar-refractivity contribution in [1.82, 2.24) is 0 Å². The van der Waals surface area contributed by atoms with Crippen molar-refractivity contribution < 1.29 is 28.0 Å². The summed E-state index contributed by atoms with van der Waals surface area (Å²) in [6, 6.07) is 0. The first-order valence-corrected chi connectivity index (χ1v) is 6.87. The summed E-state index contributed by atoms with van der Waals surface area (Å²) in [5, 5.41) is 18.5. The summed E-state index contributed by atoms with van der Waals surface area (Å²) in [6.45, 7) is 2.70. The normalized spacial score (nSPS) is 31.2. The van der Waals surface area contributed by atoms with Crippen molar-refractivity contribution in [2.75, 3.05) is 0 Å². The lowest BCUT2D eigenvalue weighted by Gasteiger charge is -2.38. The Morgan fingerprint density at radius 1 is 1.24 bits per heavy atom. The van der Waals surface area contributed by atoms with Crippen LogP contribution in [0, 0.1) is 11.8 Å². The van der Waals surface area contributed by atoms with Crippen LogP contribution >= 0.6 is 0 Å². The van der Waals surface area contributed by atoms with Gasteiger partial charge in [-0.2, -0.15) is 8.42 Å². The van der Waals surface area contributed by atoms with Crippen LogP contribution in [0.2, 0.25) is 0 Å². The molecule has 1 aliphatic rings. The van der Waals surface area contributed by atoms with Gasteiger partial charge in [0.15, 0.2) is 0 Å². The maximum Gasteiger partial charge on any atom is 0.306 e.